The summed E-state index contributed by atoms with van der Waals surface area (Å²) < 4.78 is 0. The zero-order valence-corrected chi connectivity index (χ0v) is 15.0. The largest absolute Gasteiger partial charge is 0.481 e. The number of carboxylic acid groups (broad SMARTS) is 1. The first-order valence-corrected chi connectivity index (χ1v) is 8.41. The molecule has 0 aliphatic carbocycles. The van der Waals surface area contributed by atoms with Gasteiger partial charge in [-0.15, -0.1) is 0 Å². The van der Waals surface area contributed by atoms with Crippen LogP contribution in [0.3, 0.4) is 0 Å². The third kappa shape index (κ3) is 5.95. The molecule has 0 saturated heterocycles. The van der Waals surface area contributed by atoms with Crippen LogP contribution in [-0.2, 0) is 9.59 Å². The van der Waals surface area contributed by atoms with Crippen molar-refractivity contribution < 1.29 is 14.7 Å². The fourth-order valence-corrected chi connectivity index (χ4v) is 2.85. The lowest BCUT2D eigenvalue weighted by atomic mass is 9.83. The summed E-state index contributed by atoms with van der Waals surface area (Å²) in [4.78, 5) is 25.3. The predicted octanol–water partition coefficient (Wildman–Crippen LogP) is 2.73. The highest BCUT2D eigenvalue weighted by atomic mass is 16.4. The number of nitrogens with zero attached hydrogens (tertiary/aromatic N) is 1. The van der Waals surface area contributed by atoms with E-state index in [2.05, 4.69) is 13.8 Å². The predicted molar refractivity (Wildman–Crippen MR) is 89.5 cm³/mol. The molecule has 0 heterocycles. The van der Waals surface area contributed by atoms with Crippen LogP contribution < -0.4 is 5.73 Å². The number of hydrogen-bond donors (Lipinski definition) is 2. The Balaban J connectivity index is 5.16. The highest BCUT2D eigenvalue weighted by molar-refractivity contribution is 5.82. The van der Waals surface area contributed by atoms with Crippen LogP contribution in [0.15, 0.2) is 0 Å². The quantitative estimate of drug-likeness (QED) is 0.649. The molecule has 0 aromatic carbocycles. The summed E-state index contributed by atoms with van der Waals surface area (Å²) >= 11 is 0. The second-order valence-electron chi connectivity index (χ2n) is 6.65. The summed E-state index contributed by atoms with van der Waals surface area (Å²) in [5, 5.41) is 9.20. The molecule has 5 nitrogen and oxygen atoms in total. The zero-order chi connectivity index (χ0) is 17.4. The number of carboxylic acids is 1. The van der Waals surface area contributed by atoms with Crippen LogP contribution in [0.2, 0.25) is 0 Å². The van der Waals surface area contributed by atoms with Gasteiger partial charge in [-0.05, 0) is 17.8 Å². The van der Waals surface area contributed by atoms with E-state index in [4.69, 9.17) is 5.73 Å². The molecule has 5 heteroatoms. The van der Waals surface area contributed by atoms with Crippen molar-refractivity contribution in [3.05, 3.63) is 0 Å². The molecule has 3 N–H and O–H groups in total. The molecule has 0 aromatic heterocycles. The van der Waals surface area contributed by atoms with Gasteiger partial charge in [0.05, 0.1) is 12.5 Å². The Kier molecular flexibility index (Phi) is 9.33. The third-order valence-corrected chi connectivity index (χ3v) is 5.02. The lowest BCUT2D eigenvalue weighted by Gasteiger charge is -2.37. The normalized spacial score (nSPS) is 18.1. The monoisotopic (exact) mass is 314 g/mol. The highest BCUT2D eigenvalue weighted by Crippen LogP contribution is 2.26. The molecule has 5 unspecified atom stereocenters. The lowest BCUT2D eigenvalue weighted by molar-refractivity contribution is -0.142. The van der Waals surface area contributed by atoms with Crippen molar-refractivity contribution in [3.8, 4) is 0 Å². The third-order valence-electron chi connectivity index (χ3n) is 5.02. The molecular formula is C17H34N2O3. The number of aliphatic carboxylic acids is 1. The maximum absolute atomic E-state index is 12.6. The van der Waals surface area contributed by atoms with E-state index >= 15 is 0 Å². The molecule has 0 aromatic rings. The lowest BCUT2D eigenvalue weighted by Crippen LogP contribution is -2.52. The number of hydrogen-bond acceptors (Lipinski definition) is 3. The average molecular weight is 314 g/mol. The van der Waals surface area contributed by atoms with E-state index in [-0.39, 0.29) is 30.2 Å². The second kappa shape index (κ2) is 9.82. The van der Waals surface area contributed by atoms with E-state index in [1.807, 2.05) is 20.8 Å². The Morgan fingerprint density at radius 2 is 1.68 bits per heavy atom. The second-order valence-corrected chi connectivity index (χ2v) is 6.65. The van der Waals surface area contributed by atoms with E-state index in [1.54, 1.807) is 11.9 Å². The van der Waals surface area contributed by atoms with E-state index < -0.39 is 12.0 Å². The zero-order valence-electron chi connectivity index (χ0n) is 15.0. The van der Waals surface area contributed by atoms with Gasteiger partial charge in [0.25, 0.3) is 0 Å². The van der Waals surface area contributed by atoms with Crippen LogP contribution in [0.4, 0.5) is 0 Å². The summed E-state index contributed by atoms with van der Waals surface area (Å²) in [5.41, 5.74) is 6.04. The minimum absolute atomic E-state index is 0.0370. The van der Waals surface area contributed by atoms with Crippen LogP contribution in [0.1, 0.15) is 60.3 Å². The molecule has 130 valence electrons. The number of rotatable bonds is 10. The maximum atomic E-state index is 12.6. The first-order chi connectivity index (χ1) is 10.2. The van der Waals surface area contributed by atoms with Crippen molar-refractivity contribution in [2.75, 3.05) is 7.05 Å². The number of carbonyl (C=O) groups is 2. The van der Waals surface area contributed by atoms with Gasteiger partial charge in [-0.2, -0.15) is 0 Å². The van der Waals surface area contributed by atoms with E-state index in [0.717, 1.165) is 19.3 Å². The smallest absolute Gasteiger partial charge is 0.305 e. The molecule has 0 spiro atoms. The van der Waals surface area contributed by atoms with Crippen molar-refractivity contribution in [2.45, 2.75) is 72.4 Å². The number of nitrogens with two attached hydrogens (primary N) is 1. The van der Waals surface area contributed by atoms with Crippen LogP contribution >= 0.6 is 0 Å². The molecule has 22 heavy (non-hydrogen) atoms. The Morgan fingerprint density at radius 3 is 2.09 bits per heavy atom. The molecule has 0 fully saturated rings. The Hall–Kier alpha value is -1.10. The standard InChI is InChI=1S/C17H34N2O3/c1-7-9-12(4)13(5)14(10-15(20)21)19(6)17(22)16(18)11(3)8-2/h11-14,16H,7-10,18H2,1-6H3,(H,20,21). The Morgan fingerprint density at radius 1 is 1.14 bits per heavy atom. The van der Waals surface area contributed by atoms with Crippen molar-refractivity contribution in [1.82, 2.24) is 4.90 Å². The van der Waals surface area contributed by atoms with Crippen LogP contribution in [0.25, 0.3) is 0 Å². The minimum Gasteiger partial charge on any atom is -0.481 e. The van der Waals surface area contributed by atoms with Gasteiger partial charge in [0, 0.05) is 13.1 Å². The van der Waals surface area contributed by atoms with Crippen LogP contribution in [0, 0.1) is 17.8 Å². The maximum Gasteiger partial charge on any atom is 0.305 e. The highest BCUT2D eigenvalue weighted by Gasteiger charge is 2.33. The number of amides is 1. The molecule has 0 saturated carbocycles. The average Bonchev–Trinajstić information content (AvgIpc) is 2.48. The van der Waals surface area contributed by atoms with Crippen molar-refractivity contribution in [3.63, 3.8) is 0 Å². The van der Waals surface area contributed by atoms with Crippen molar-refractivity contribution in [1.29, 1.82) is 0 Å². The molecule has 0 aliphatic rings. The van der Waals surface area contributed by atoms with Gasteiger partial charge in [-0.1, -0.05) is 53.9 Å². The fourth-order valence-electron chi connectivity index (χ4n) is 2.85. The van der Waals surface area contributed by atoms with Gasteiger partial charge in [-0.25, -0.2) is 0 Å². The molecule has 0 aliphatic heterocycles. The summed E-state index contributed by atoms with van der Waals surface area (Å²) in [7, 11) is 1.69. The summed E-state index contributed by atoms with van der Waals surface area (Å²) in [6.07, 6.45) is 2.86. The topological polar surface area (TPSA) is 83.6 Å². The molecule has 0 rings (SSSR count). The molecule has 5 atom stereocenters. The summed E-state index contributed by atoms with van der Waals surface area (Å²) in [5.74, 6) is -0.462. The van der Waals surface area contributed by atoms with E-state index in [1.165, 1.54) is 0 Å². The molecular weight excluding hydrogens is 280 g/mol. The van der Waals surface area contributed by atoms with Crippen molar-refractivity contribution >= 4 is 11.9 Å². The SMILES string of the molecule is CCCC(C)C(C)C(CC(=O)O)N(C)C(=O)C(N)C(C)CC. The van der Waals surface area contributed by atoms with E-state index in [9.17, 15) is 14.7 Å². The van der Waals surface area contributed by atoms with Crippen LogP contribution in [0.5, 0.6) is 0 Å². The van der Waals surface area contributed by atoms with Gasteiger partial charge >= 0.3 is 5.97 Å². The summed E-state index contributed by atoms with van der Waals surface area (Å²) in [6.45, 7) is 10.2. The van der Waals surface area contributed by atoms with Gasteiger partial charge in [-0.3, -0.25) is 9.59 Å². The number of carbonyl (C=O) groups excluding carboxylic acids is 1. The van der Waals surface area contributed by atoms with Crippen LogP contribution in [-0.4, -0.2) is 41.0 Å². The Bertz CT molecular complexity index is 360. The molecule has 0 radical (unpaired) electrons. The number of likely N-dealkylation sites (N-methyl/N-ethyl adjacent to an activating group) is 1. The Labute approximate surface area is 135 Å². The van der Waals surface area contributed by atoms with Gasteiger partial charge in [0.2, 0.25) is 5.91 Å². The van der Waals surface area contributed by atoms with Gasteiger partial charge in [0.15, 0.2) is 0 Å². The first kappa shape index (κ1) is 20.9. The van der Waals surface area contributed by atoms with Crippen molar-refractivity contribution in [2.24, 2.45) is 23.5 Å². The van der Waals surface area contributed by atoms with Gasteiger partial charge < -0.3 is 15.7 Å². The minimum atomic E-state index is -0.877. The van der Waals surface area contributed by atoms with Gasteiger partial charge in [0.1, 0.15) is 0 Å². The molecule has 1 amide bonds. The molecule has 0 bridgehead atoms. The van der Waals surface area contributed by atoms with E-state index in [0.29, 0.717) is 5.92 Å². The fraction of sp³-hybridized carbons (Fsp3) is 0.882. The summed E-state index contributed by atoms with van der Waals surface area (Å²) in [6, 6.07) is -0.887. The first-order valence-electron chi connectivity index (χ1n) is 8.41.